The van der Waals surface area contributed by atoms with Gasteiger partial charge in [-0.1, -0.05) is 20.3 Å². The first-order chi connectivity index (χ1) is 9.72. The number of nitrogens with zero attached hydrogens (tertiary/aromatic N) is 3. The maximum Gasteiger partial charge on any atom is 0.0951 e. The van der Waals surface area contributed by atoms with Gasteiger partial charge in [-0.25, -0.2) is 4.98 Å². The van der Waals surface area contributed by atoms with Crippen LogP contribution in [0.15, 0.2) is 12.5 Å². The number of aromatic nitrogens is 2. The average molecular weight is 276 g/mol. The zero-order valence-electron chi connectivity index (χ0n) is 12.8. The zero-order chi connectivity index (χ0) is 14.1. The molecule has 0 spiro atoms. The Labute approximate surface area is 122 Å². The van der Waals surface area contributed by atoms with Gasteiger partial charge in [-0.3, -0.25) is 4.90 Å². The zero-order valence-corrected chi connectivity index (χ0v) is 12.8. The summed E-state index contributed by atoms with van der Waals surface area (Å²) < 4.78 is 2.45. The van der Waals surface area contributed by atoms with E-state index in [4.69, 9.17) is 5.73 Å². The molecule has 2 N–H and O–H groups in total. The van der Waals surface area contributed by atoms with Crippen LogP contribution in [0.25, 0.3) is 0 Å². The third-order valence-electron chi connectivity index (χ3n) is 5.31. The van der Waals surface area contributed by atoms with Crippen molar-refractivity contribution in [2.75, 3.05) is 19.6 Å². The van der Waals surface area contributed by atoms with Gasteiger partial charge in [0.1, 0.15) is 0 Å². The van der Waals surface area contributed by atoms with Crippen molar-refractivity contribution in [3.05, 3.63) is 18.2 Å². The molecule has 2 aliphatic heterocycles. The Balaban J connectivity index is 1.86. The molecular weight excluding hydrogens is 248 g/mol. The molecule has 1 aromatic rings. The Hall–Kier alpha value is -0.870. The van der Waals surface area contributed by atoms with Crippen molar-refractivity contribution in [1.82, 2.24) is 14.5 Å². The van der Waals surface area contributed by atoms with Gasteiger partial charge in [0, 0.05) is 36.9 Å². The normalized spacial score (nSPS) is 28.8. The summed E-state index contributed by atoms with van der Waals surface area (Å²) in [5.41, 5.74) is 7.36. The summed E-state index contributed by atoms with van der Waals surface area (Å²) in [4.78, 5) is 7.13. The number of imidazole rings is 1. The molecule has 0 saturated carbocycles. The lowest BCUT2D eigenvalue weighted by Gasteiger charge is -2.34. The van der Waals surface area contributed by atoms with Gasteiger partial charge in [-0.15, -0.1) is 0 Å². The van der Waals surface area contributed by atoms with E-state index in [-0.39, 0.29) is 0 Å². The van der Waals surface area contributed by atoms with Gasteiger partial charge in [0.2, 0.25) is 0 Å². The summed E-state index contributed by atoms with van der Waals surface area (Å²) >= 11 is 0. The van der Waals surface area contributed by atoms with Crippen LogP contribution in [0, 0.1) is 5.92 Å². The van der Waals surface area contributed by atoms with Gasteiger partial charge in [-0.2, -0.15) is 0 Å². The lowest BCUT2D eigenvalue weighted by Crippen LogP contribution is -2.38. The van der Waals surface area contributed by atoms with E-state index in [2.05, 4.69) is 28.3 Å². The van der Waals surface area contributed by atoms with Crippen molar-refractivity contribution in [2.24, 2.45) is 11.7 Å². The minimum atomic E-state index is 0.426. The fraction of sp³-hybridized carbons (Fsp3) is 0.812. The average Bonchev–Trinajstić information content (AvgIpc) is 3.05. The van der Waals surface area contributed by atoms with Crippen LogP contribution in [0.4, 0.5) is 0 Å². The molecule has 0 amide bonds. The van der Waals surface area contributed by atoms with Crippen LogP contribution in [-0.2, 0) is 0 Å². The predicted molar refractivity (Wildman–Crippen MR) is 81.7 cm³/mol. The second-order valence-corrected chi connectivity index (χ2v) is 6.77. The van der Waals surface area contributed by atoms with Gasteiger partial charge in [0.05, 0.1) is 12.4 Å². The Morgan fingerprint density at radius 2 is 2.10 bits per heavy atom. The molecule has 3 atom stereocenters. The summed E-state index contributed by atoms with van der Waals surface area (Å²) in [6, 6.07) is 1.34. The highest BCUT2D eigenvalue weighted by Gasteiger charge is 2.37. The molecule has 3 heterocycles. The largest absolute Gasteiger partial charge is 0.330 e. The fourth-order valence-electron chi connectivity index (χ4n) is 4.16. The number of rotatable bonds is 4. The molecule has 3 rings (SSSR count). The van der Waals surface area contributed by atoms with Crippen molar-refractivity contribution in [3.8, 4) is 0 Å². The number of hydrogen-bond donors (Lipinski definition) is 1. The molecule has 2 fully saturated rings. The molecule has 20 heavy (non-hydrogen) atoms. The Morgan fingerprint density at radius 3 is 2.85 bits per heavy atom. The van der Waals surface area contributed by atoms with Gasteiger partial charge in [-0.05, 0) is 31.7 Å². The molecule has 2 saturated heterocycles. The number of nitrogens with two attached hydrogens (primary N) is 1. The maximum absolute atomic E-state index is 6.01. The minimum Gasteiger partial charge on any atom is -0.330 e. The highest BCUT2D eigenvalue weighted by molar-refractivity contribution is 5.11. The van der Waals surface area contributed by atoms with Crippen LogP contribution >= 0.6 is 0 Å². The van der Waals surface area contributed by atoms with E-state index in [0.29, 0.717) is 24.4 Å². The summed E-state index contributed by atoms with van der Waals surface area (Å²) in [6.45, 7) is 7.77. The Morgan fingerprint density at radius 1 is 1.25 bits per heavy atom. The molecule has 0 radical (unpaired) electrons. The molecular formula is C16H28N4. The quantitative estimate of drug-likeness (QED) is 0.918. The minimum absolute atomic E-state index is 0.426. The lowest BCUT2D eigenvalue weighted by molar-refractivity contribution is 0.171. The smallest absolute Gasteiger partial charge is 0.0951 e. The molecule has 4 nitrogen and oxygen atoms in total. The van der Waals surface area contributed by atoms with Crippen molar-refractivity contribution < 1.29 is 0 Å². The highest BCUT2D eigenvalue weighted by Crippen LogP contribution is 2.37. The topological polar surface area (TPSA) is 47.1 Å². The molecule has 1 aromatic heterocycles. The first kappa shape index (κ1) is 14.1. The van der Waals surface area contributed by atoms with Crippen LogP contribution in [0.3, 0.4) is 0 Å². The molecule has 0 aliphatic carbocycles. The van der Waals surface area contributed by atoms with Crippen LogP contribution in [0.5, 0.6) is 0 Å². The number of fused-ring (bicyclic) bond motifs is 1. The highest BCUT2D eigenvalue weighted by atomic mass is 15.3. The first-order valence-electron chi connectivity index (χ1n) is 8.18. The fourth-order valence-corrected chi connectivity index (χ4v) is 4.16. The molecule has 2 aliphatic rings. The Bertz CT molecular complexity index is 439. The summed E-state index contributed by atoms with van der Waals surface area (Å²) in [5.74, 6) is 0.995. The van der Waals surface area contributed by atoms with Crippen LogP contribution in [-0.4, -0.2) is 40.1 Å². The van der Waals surface area contributed by atoms with Gasteiger partial charge in [0.25, 0.3) is 0 Å². The number of hydrogen-bond acceptors (Lipinski definition) is 3. The second-order valence-electron chi connectivity index (χ2n) is 6.77. The van der Waals surface area contributed by atoms with Crippen LogP contribution < -0.4 is 5.73 Å². The third-order valence-corrected chi connectivity index (χ3v) is 5.31. The lowest BCUT2D eigenvalue weighted by atomic mass is 9.91. The van der Waals surface area contributed by atoms with E-state index < -0.39 is 0 Å². The molecule has 4 heteroatoms. The monoisotopic (exact) mass is 276 g/mol. The van der Waals surface area contributed by atoms with Crippen molar-refractivity contribution in [3.63, 3.8) is 0 Å². The number of piperidine rings is 1. The predicted octanol–water partition coefficient (Wildman–Crippen LogP) is 2.38. The summed E-state index contributed by atoms with van der Waals surface area (Å²) in [7, 11) is 0. The first-order valence-corrected chi connectivity index (χ1v) is 8.18. The van der Waals surface area contributed by atoms with E-state index in [1.165, 1.54) is 44.5 Å². The van der Waals surface area contributed by atoms with Gasteiger partial charge in [0.15, 0.2) is 0 Å². The van der Waals surface area contributed by atoms with Crippen LogP contribution in [0.2, 0.25) is 0 Å². The molecule has 3 unspecified atom stereocenters. The summed E-state index contributed by atoms with van der Waals surface area (Å²) in [5, 5.41) is 0. The van der Waals surface area contributed by atoms with E-state index in [1.54, 1.807) is 0 Å². The van der Waals surface area contributed by atoms with E-state index in [9.17, 15) is 0 Å². The van der Waals surface area contributed by atoms with Gasteiger partial charge >= 0.3 is 0 Å². The third kappa shape index (κ3) is 2.40. The molecule has 112 valence electrons. The van der Waals surface area contributed by atoms with Gasteiger partial charge < -0.3 is 10.3 Å². The molecule has 0 aromatic carbocycles. The van der Waals surface area contributed by atoms with Crippen molar-refractivity contribution in [1.29, 1.82) is 0 Å². The van der Waals surface area contributed by atoms with E-state index in [0.717, 1.165) is 6.04 Å². The van der Waals surface area contributed by atoms with Crippen LogP contribution in [0.1, 0.15) is 57.2 Å². The second kappa shape index (κ2) is 5.86. The van der Waals surface area contributed by atoms with Crippen molar-refractivity contribution in [2.45, 2.75) is 57.5 Å². The van der Waals surface area contributed by atoms with E-state index in [1.807, 2.05) is 12.5 Å². The standard InChI is InChI=1S/C16H28N4/c1-12(2)13(9-17)16-10-18-11-20(16)15-6-8-19-7-4-3-5-14(15)19/h10-15H,3-9,17H2,1-2H3. The summed E-state index contributed by atoms with van der Waals surface area (Å²) in [6.07, 6.45) is 9.45. The van der Waals surface area contributed by atoms with Crippen molar-refractivity contribution >= 4 is 0 Å². The maximum atomic E-state index is 6.01. The molecule has 0 bridgehead atoms. The van der Waals surface area contributed by atoms with E-state index >= 15 is 0 Å². The SMILES string of the molecule is CC(C)C(CN)c1cncn1C1CCN2CCCCC12. The Kier molecular flexibility index (Phi) is 4.13.